The quantitative estimate of drug-likeness (QED) is 0.668. The van der Waals surface area contributed by atoms with Crippen LogP contribution in [0.1, 0.15) is 11.4 Å². The minimum atomic E-state index is -3.24. The summed E-state index contributed by atoms with van der Waals surface area (Å²) in [6, 6.07) is 14.5. The molecular formula is C19H20N4O3S2. The lowest BCUT2D eigenvalue weighted by Crippen LogP contribution is -2.30. The van der Waals surface area contributed by atoms with Crippen molar-refractivity contribution in [1.82, 2.24) is 10.3 Å². The maximum absolute atomic E-state index is 12.2. The Morgan fingerprint density at radius 1 is 1.18 bits per heavy atom. The Labute approximate surface area is 167 Å². The van der Waals surface area contributed by atoms with E-state index < -0.39 is 10.0 Å². The van der Waals surface area contributed by atoms with Gasteiger partial charge in [-0.1, -0.05) is 18.2 Å². The Balaban J connectivity index is 1.33. The summed E-state index contributed by atoms with van der Waals surface area (Å²) in [5.74, 6) is 0.164. The Morgan fingerprint density at radius 3 is 2.82 bits per heavy atom. The highest BCUT2D eigenvalue weighted by Crippen LogP contribution is 2.26. The molecule has 2 heterocycles. The number of thiazole rings is 1. The molecule has 7 nitrogen and oxygen atoms in total. The maximum atomic E-state index is 12.2. The summed E-state index contributed by atoms with van der Waals surface area (Å²) >= 11 is 1.62. The molecule has 1 fully saturated rings. The maximum Gasteiger partial charge on any atom is 0.319 e. The third-order valence-corrected chi connectivity index (χ3v) is 7.42. The fourth-order valence-corrected chi connectivity index (χ4v) is 5.68. The third kappa shape index (κ3) is 4.10. The van der Waals surface area contributed by atoms with Gasteiger partial charge in [-0.15, -0.1) is 11.3 Å². The van der Waals surface area contributed by atoms with E-state index in [1.165, 1.54) is 4.31 Å². The van der Waals surface area contributed by atoms with Crippen molar-refractivity contribution in [2.75, 3.05) is 28.5 Å². The van der Waals surface area contributed by atoms with E-state index in [-0.39, 0.29) is 11.8 Å². The van der Waals surface area contributed by atoms with Crippen LogP contribution >= 0.6 is 11.3 Å². The first-order valence-electron chi connectivity index (χ1n) is 9.01. The highest BCUT2D eigenvalue weighted by Gasteiger charge is 2.28. The molecule has 28 heavy (non-hydrogen) atoms. The molecule has 4 rings (SSSR count). The minimum absolute atomic E-state index is 0.164. The largest absolute Gasteiger partial charge is 0.337 e. The van der Waals surface area contributed by atoms with E-state index in [2.05, 4.69) is 15.6 Å². The van der Waals surface area contributed by atoms with Gasteiger partial charge in [-0.05, 0) is 36.8 Å². The molecule has 0 aliphatic carbocycles. The van der Waals surface area contributed by atoms with Crippen LogP contribution < -0.4 is 14.9 Å². The van der Waals surface area contributed by atoms with E-state index in [0.717, 1.165) is 15.2 Å². The first-order valence-corrected chi connectivity index (χ1v) is 11.4. The second-order valence-corrected chi connectivity index (χ2v) is 9.63. The number of benzene rings is 2. The van der Waals surface area contributed by atoms with Crippen LogP contribution in [0, 0.1) is 0 Å². The van der Waals surface area contributed by atoms with Gasteiger partial charge in [0.25, 0.3) is 0 Å². The Hall–Kier alpha value is -2.65. The Kier molecular flexibility index (Phi) is 5.19. The Morgan fingerprint density at radius 2 is 2.04 bits per heavy atom. The number of hydrogen-bond acceptors (Lipinski definition) is 5. The van der Waals surface area contributed by atoms with Crippen LogP contribution in [-0.2, 0) is 16.4 Å². The summed E-state index contributed by atoms with van der Waals surface area (Å²) in [7, 11) is -3.24. The molecule has 0 atom stereocenters. The van der Waals surface area contributed by atoms with Crippen LogP contribution in [-0.4, -0.2) is 38.3 Å². The van der Waals surface area contributed by atoms with Gasteiger partial charge in [0.15, 0.2) is 0 Å². The summed E-state index contributed by atoms with van der Waals surface area (Å²) in [5.41, 5.74) is 2.10. The summed E-state index contributed by atoms with van der Waals surface area (Å²) in [6.45, 7) is 0.937. The molecule has 2 aromatic carbocycles. The third-order valence-electron chi connectivity index (χ3n) is 4.45. The van der Waals surface area contributed by atoms with Gasteiger partial charge in [-0.25, -0.2) is 18.2 Å². The second-order valence-electron chi connectivity index (χ2n) is 6.50. The van der Waals surface area contributed by atoms with Crippen LogP contribution in [0.4, 0.5) is 16.2 Å². The lowest BCUT2D eigenvalue weighted by Gasteiger charge is -2.17. The van der Waals surface area contributed by atoms with Crippen molar-refractivity contribution < 1.29 is 13.2 Å². The molecule has 2 amide bonds. The molecule has 1 aliphatic heterocycles. The highest BCUT2D eigenvalue weighted by atomic mass is 32.2. The molecule has 9 heteroatoms. The molecule has 0 bridgehead atoms. The van der Waals surface area contributed by atoms with E-state index in [1.54, 1.807) is 35.6 Å². The van der Waals surface area contributed by atoms with Crippen molar-refractivity contribution >= 4 is 49.0 Å². The van der Waals surface area contributed by atoms with Gasteiger partial charge in [0.1, 0.15) is 0 Å². The van der Waals surface area contributed by atoms with Crippen molar-refractivity contribution in [3.63, 3.8) is 0 Å². The predicted octanol–water partition coefficient (Wildman–Crippen LogP) is 3.20. The number of nitrogens with zero attached hydrogens (tertiary/aromatic N) is 2. The van der Waals surface area contributed by atoms with Gasteiger partial charge in [-0.3, -0.25) is 4.31 Å². The van der Waals surface area contributed by atoms with Crippen molar-refractivity contribution in [3.8, 4) is 0 Å². The SMILES string of the molecule is O=C(NCCc1nc2ccccc2s1)Nc1cccc(N2CCCS2(=O)=O)c1. The molecule has 0 unspecified atom stereocenters. The molecule has 1 aromatic heterocycles. The van der Waals surface area contributed by atoms with Crippen LogP contribution in [0.25, 0.3) is 10.2 Å². The van der Waals surface area contributed by atoms with Crippen LogP contribution in [0.15, 0.2) is 48.5 Å². The number of carbonyl (C=O) groups excluding carboxylic acids is 1. The molecule has 0 radical (unpaired) electrons. The first kappa shape index (κ1) is 18.7. The monoisotopic (exact) mass is 416 g/mol. The summed E-state index contributed by atoms with van der Waals surface area (Å²) in [6.07, 6.45) is 1.27. The number of rotatable bonds is 5. The van der Waals surface area contributed by atoms with Crippen molar-refractivity contribution in [1.29, 1.82) is 0 Å². The number of urea groups is 1. The number of hydrogen-bond donors (Lipinski definition) is 2. The minimum Gasteiger partial charge on any atom is -0.337 e. The highest BCUT2D eigenvalue weighted by molar-refractivity contribution is 7.93. The average Bonchev–Trinajstić information content (AvgIpc) is 3.23. The number of fused-ring (bicyclic) bond motifs is 1. The topological polar surface area (TPSA) is 91.4 Å². The number of carbonyl (C=O) groups is 1. The number of anilines is 2. The van der Waals surface area contributed by atoms with Gasteiger partial charge in [0, 0.05) is 25.2 Å². The van der Waals surface area contributed by atoms with Gasteiger partial charge in [0.2, 0.25) is 10.0 Å². The zero-order chi connectivity index (χ0) is 19.6. The van der Waals surface area contributed by atoms with Crippen molar-refractivity contribution in [2.24, 2.45) is 0 Å². The average molecular weight is 417 g/mol. The van der Waals surface area contributed by atoms with E-state index in [0.29, 0.717) is 37.3 Å². The second kappa shape index (κ2) is 7.76. The van der Waals surface area contributed by atoms with E-state index in [1.807, 2.05) is 24.3 Å². The molecule has 1 saturated heterocycles. The van der Waals surface area contributed by atoms with Crippen molar-refractivity contribution in [2.45, 2.75) is 12.8 Å². The number of para-hydroxylation sites is 1. The first-order chi connectivity index (χ1) is 13.5. The van der Waals surface area contributed by atoms with Gasteiger partial charge < -0.3 is 10.6 Å². The fourth-order valence-electron chi connectivity index (χ4n) is 3.15. The van der Waals surface area contributed by atoms with Crippen LogP contribution in [0.2, 0.25) is 0 Å². The van der Waals surface area contributed by atoms with Crippen molar-refractivity contribution in [3.05, 3.63) is 53.5 Å². The van der Waals surface area contributed by atoms with Gasteiger partial charge in [-0.2, -0.15) is 0 Å². The van der Waals surface area contributed by atoms with Crippen LogP contribution in [0.5, 0.6) is 0 Å². The van der Waals surface area contributed by atoms with E-state index >= 15 is 0 Å². The number of amides is 2. The van der Waals surface area contributed by atoms with Crippen LogP contribution in [0.3, 0.4) is 0 Å². The summed E-state index contributed by atoms with van der Waals surface area (Å²) in [4.78, 5) is 16.7. The zero-order valence-electron chi connectivity index (χ0n) is 15.1. The molecule has 0 spiro atoms. The molecule has 0 saturated carbocycles. The smallest absolute Gasteiger partial charge is 0.319 e. The summed E-state index contributed by atoms with van der Waals surface area (Å²) in [5, 5.41) is 6.55. The number of aromatic nitrogens is 1. The molecule has 2 N–H and O–H groups in total. The molecule has 3 aromatic rings. The molecule has 1 aliphatic rings. The zero-order valence-corrected chi connectivity index (χ0v) is 16.7. The number of nitrogens with one attached hydrogen (secondary N) is 2. The standard InChI is InChI=1S/C19H20N4O3S2/c24-19(20-10-9-18-22-16-7-1-2-8-17(16)27-18)21-14-5-3-6-15(13-14)23-11-4-12-28(23,25)26/h1-3,5-8,13H,4,9-12H2,(H2,20,21,24). The van der Waals surface area contributed by atoms with Gasteiger partial charge >= 0.3 is 6.03 Å². The molecule has 146 valence electrons. The lowest BCUT2D eigenvalue weighted by molar-refractivity contribution is 0.252. The number of sulfonamides is 1. The van der Waals surface area contributed by atoms with E-state index in [4.69, 9.17) is 0 Å². The lowest BCUT2D eigenvalue weighted by atomic mass is 10.2. The van der Waals surface area contributed by atoms with Gasteiger partial charge in [0.05, 0.1) is 26.7 Å². The summed E-state index contributed by atoms with van der Waals surface area (Å²) < 4.78 is 26.6. The fraction of sp³-hybridized carbons (Fsp3) is 0.263. The normalized spacial score (nSPS) is 15.6. The molecular weight excluding hydrogens is 396 g/mol. The predicted molar refractivity (Wildman–Crippen MR) is 113 cm³/mol. The van der Waals surface area contributed by atoms with E-state index in [9.17, 15) is 13.2 Å². The Bertz CT molecular complexity index is 1080.